The maximum atomic E-state index is 12.9. The van der Waals surface area contributed by atoms with Crippen molar-refractivity contribution >= 4 is 17.0 Å². The molecule has 1 aliphatic heterocycles. The molecule has 0 saturated heterocycles. The first kappa shape index (κ1) is 18.0. The first-order valence-corrected chi connectivity index (χ1v) is 9.90. The SMILES string of the molecule is O=C(Cn1c(=O)oc2ccccc21)N[C@H](c1ccc2c(c1)CCO2)C1CC(O)C1. The van der Waals surface area contributed by atoms with Crippen LogP contribution in [-0.2, 0) is 17.8 Å². The summed E-state index contributed by atoms with van der Waals surface area (Å²) in [7, 11) is 0. The molecule has 0 spiro atoms. The Balaban J connectivity index is 1.39. The molecule has 0 radical (unpaired) electrons. The molecule has 0 unspecified atom stereocenters. The highest BCUT2D eigenvalue weighted by atomic mass is 16.5. The minimum atomic E-state index is -0.549. The average molecular weight is 394 g/mol. The third-order valence-corrected chi connectivity index (χ3v) is 5.89. The number of amides is 1. The van der Waals surface area contributed by atoms with Gasteiger partial charge in [0, 0.05) is 6.42 Å². The summed E-state index contributed by atoms with van der Waals surface area (Å²) in [6.07, 6.45) is 1.82. The Morgan fingerprint density at radius 2 is 2.07 bits per heavy atom. The van der Waals surface area contributed by atoms with Gasteiger partial charge in [0.2, 0.25) is 5.91 Å². The Hall–Kier alpha value is -3.06. The van der Waals surface area contributed by atoms with E-state index >= 15 is 0 Å². The van der Waals surface area contributed by atoms with E-state index in [0.717, 1.165) is 23.3 Å². The second-order valence-corrected chi connectivity index (χ2v) is 7.82. The first-order chi connectivity index (χ1) is 14.1. The van der Waals surface area contributed by atoms with Crippen molar-refractivity contribution in [2.75, 3.05) is 6.61 Å². The average Bonchev–Trinajstić information content (AvgIpc) is 3.28. The van der Waals surface area contributed by atoms with Crippen LogP contribution >= 0.6 is 0 Å². The predicted molar refractivity (Wildman–Crippen MR) is 106 cm³/mol. The summed E-state index contributed by atoms with van der Waals surface area (Å²) >= 11 is 0. The highest BCUT2D eigenvalue weighted by molar-refractivity contribution is 5.79. The monoisotopic (exact) mass is 394 g/mol. The van der Waals surface area contributed by atoms with Gasteiger partial charge in [0.15, 0.2) is 5.58 Å². The van der Waals surface area contributed by atoms with Gasteiger partial charge in [-0.05, 0) is 54.2 Å². The van der Waals surface area contributed by atoms with E-state index in [4.69, 9.17) is 9.15 Å². The van der Waals surface area contributed by atoms with Crippen molar-refractivity contribution in [3.63, 3.8) is 0 Å². The lowest BCUT2D eigenvalue weighted by Gasteiger charge is -2.38. The van der Waals surface area contributed by atoms with Gasteiger partial charge in [0.25, 0.3) is 0 Å². The van der Waals surface area contributed by atoms with E-state index in [-0.39, 0.29) is 30.5 Å². The fourth-order valence-corrected chi connectivity index (χ4v) is 4.30. The molecule has 1 aromatic heterocycles. The van der Waals surface area contributed by atoms with E-state index in [1.54, 1.807) is 24.3 Å². The van der Waals surface area contributed by atoms with Gasteiger partial charge in [-0.2, -0.15) is 0 Å². The molecule has 2 aliphatic rings. The molecule has 1 atom stereocenters. The summed E-state index contributed by atoms with van der Waals surface area (Å²) in [5, 5.41) is 12.9. The van der Waals surface area contributed by atoms with Gasteiger partial charge < -0.3 is 19.6 Å². The predicted octanol–water partition coefficient (Wildman–Crippen LogP) is 2.16. The molecule has 7 heteroatoms. The first-order valence-electron chi connectivity index (χ1n) is 9.90. The number of nitrogens with one attached hydrogen (secondary N) is 1. The van der Waals surface area contributed by atoms with Crippen molar-refractivity contribution in [2.45, 2.75) is 38.0 Å². The van der Waals surface area contributed by atoms with Gasteiger partial charge >= 0.3 is 5.76 Å². The number of nitrogens with zero attached hydrogens (tertiary/aromatic N) is 1. The molecule has 1 fully saturated rings. The molecule has 7 nitrogen and oxygen atoms in total. The Kier molecular flexibility index (Phi) is 4.39. The number of hydrogen-bond acceptors (Lipinski definition) is 5. The number of carbonyl (C=O) groups is 1. The summed E-state index contributed by atoms with van der Waals surface area (Å²) in [6, 6.07) is 12.8. The van der Waals surface area contributed by atoms with E-state index in [9.17, 15) is 14.7 Å². The molecular weight excluding hydrogens is 372 g/mol. The summed E-state index contributed by atoms with van der Waals surface area (Å²) < 4.78 is 12.1. The molecule has 2 N–H and O–H groups in total. The van der Waals surface area contributed by atoms with Crippen LogP contribution in [0.15, 0.2) is 51.7 Å². The van der Waals surface area contributed by atoms with E-state index in [1.807, 2.05) is 12.1 Å². The zero-order chi connectivity index (χ0) is 20.0. The lowest BCUT2D eigenvalue weighted by molar-refractivity contribution is -0.123. The summed E-state index contributed by atoms with van der Waals surface area (Å²) in [5.41, 5.74) is 3.20. The highest BCUT2D eigenvalue weighted by Gasteiger charge is 2.36. The maximum Gasteiger partial charge on any atom is 0.420 e. The lowest BCUT2D eigenvalue weighted by atomic mass is 9.75. The number of aromatic nitrogens is 1. The van der Waals surface area contributed by atoms with Crippen molar-refractivity contribution in [3.05, 3.63) is 64.1 Å². The van der Waals surface area contributed by atoms with Crippen LogP contribution in [-0.4, -0.2) is 28.3 Å². The van der Waals surface area contributed by atoms with Gasteiger partial charge in [-0.1, -0.05) is 18.2 Å². The quantitative estimate of drug-likeness (QED) is 0.692. The number of ether oxygens (including phenoxy) is 1. The van der Waals surface area contributed by atoms with E-state index in [2.05, 4.69) is 11.4 Å². The fraction of sp³-hybridized carbons (Fsp3) is 0.364. The fourth-order valence-electron chi connectivity index (χ4n) is 4.30. The number of carbonyl (C=O) groups excluding carboxylic acids is 1. The van der Waals surface area contributed by atoms with Crippen molar-refractivity contribution in [1.82, 2.24) is 9.88 Å². The number of benzene rings is 2. The molecule has 150 valence electrons. The standard InChI is InChI=1S/C22H22N2O5/c25-16-10-15(11-16)21(14-5-6-18-13(9-14)7-8-28-18)23-20(26)12-24-17-3-1-2-4-19(17)29-22(24)27/h1-6,9,15-16,21,25H,7-8,10-12H2,(H,23,26)/t15?,16?,21-/m1/s1. The molecular formula is C22H22N2O5. The molecule has 5 rings (SSSR count). The summed E-state index contributed by atoms with van der Waals surface area (Å²) in [6.45, 7) is 0.560. The van der Waals surface area contributed by atoms with Crippen LogP contribution in [0.3, 0.4) is 0 Å². The number of rotatable bonds is 5. The van der Waals surface area contributed by atoms with Crippen LogP contribution in [0.2, 0.25) is 0 Å². The third-order valence-electron chi connectivity index (χ3n) is 5.89. The summed E-state index contributed by atoms with van der Waals surface area (Å²) in [4.78, 5) is 25.0. The van der Waals surface area contributed by atoms with Crippen LogP contribution in [0.1, 0.15) is 30.0 Å². The van der Waals surface area contributed by atoms with E-state index in [1.165, 1.54) is 4.57 Å². The molecule has 1 amide bonds. The second-order valence-electron chi connectivity index (χ2n) is 7.82. The number of aliphatic hydroxyl groups is 1. The second kappa shape index (κ2) is 7.08. The van der Waals surface area contributed by atoms with E-state index in [0.29, 0.717) is 30.5 Å². The van der Waals surface area contributed by atoms with Crippen LogP contribution in [0.25, 0.3) is 11.1 Å². The minimum Gasteiger partial charge on any atom is -0.493 e. The molecule has 1 aliphatic carbocycles. The molecule has 2 aromatic carbocycles. The van der Waals surface area contributed by atoms with Gasteiger partial charge in [-0.25, -0.2) is 4.79 Å². The molecule has 0 bridgehead atoms. The number of aliphatic hydroxyl groups excluding tert-OH is 1. The number of oxazole rings is 1. The zero-order valence-electron chi connectivity index (χ0n) is 15.8. The summed E-state index contributed by atoms with van der Waals surface area (Å²) in [5.74, 6) is 0.240. The van der Waals surface area contributed by atoms with Crippen molar-refractivity contribution < 1.29 is 19.1 Å². The number of fused-ring (bicyclic) bond motifs is 2. The maximum absolute atomic E-state index is 12.9. The Morgan fingerprint density at radius 1 is 1.24 bits per heavy atom. The molecule has 29 heavy (non-hydrogen) atoms. The highest BCUT2D eigenvalue weighted by Crippen LogP contribution is 2.39. The Labute approximate surface area is 166 Å². The van der Waals surface area contributed by atoms with Crippen LogP contribution < -0.4 is 15.8 Å². The zero-order valence-corrected chi connectivity index (χ0v) is 15.8. The molecule has 1 saturated carbocycles. The normalized spacial score (nSPS) is 21.3. The Morgan fingerprint density at radius 3 is 2.90 bits per heavy atom. The van der Waals surface area contributed by atoms with Gasteiger partial charge in [-0.3, -0.25) is 9.36 Å². The van der Waals surface area contributed by atoms with Crippen LogP contribution in [0.4, 0.5) is 0 Å². The van der Waals surface area contributed by atoms with Crippen LogP contribution in [0, 0.1) is 5.92 Å². The number of hydrogen-bond donors (Lipinski definition) is 2. The lowest BCUT2D eigenvalue weighted by Crippen LogP contribution is -2.42. The van der Waals surface area contributed by atoms with Gasteiger partial charge in [0.1, 0.15) is 12.3 Å². The smallest absolute Gasteiger partial charge is 0.420 e. The van der Waals surface area contributed by atoms with Crippen molar-refractivity contribution in [2.24, 2.45) is 5.92 Å². The molecule has 3 aromatic rings. The largest absolute Gasteiger partial charge is 0.493 e. The minimum absolute atomic E-state index is 0.115. The van der Waals surface area contributed by atoms with Gasteiger partial charge in [0.05, 0.1) is 24.3 Å². The van der Waals surface area contributed by atoms with E-state index < -0.39 is 5.76 Å². The van der Waals surface area contributed by atoms with Crippen LogP contribution in [0.5, 0.6) is 5.75 Å². The van der Waals surface area contributed by atoms with Crippen molar-refractivity contribution in [1.29, 1.82) is 0 Å². The topological polar surface area (TPSA) is 93.7 Å². The Bertz CT molecular complexity index is 1130. The number of para-hydroxylation sites is 2. The van der Waals surface area contributed by atoms with Gasteiger partial charge in [-0.15, -0.1) is 0 Å². The third kappa shape index (κ3) is 3.31. The van der Waals surface area contributed by atoms with Crippen molar-refractivity contribution in [3.8, 4) is 5.75 Å². The molecule has 2 heterocycles.